The third-order valence-electron chi connectivity index (χ3n) is 3.65. The molecular weight excluding hydrogens is 272 g/mol. The van der Waals surface area contributed by atoms with Crippen LogP contribution in [-0.2, 0) is 4.79 Å². The molecule has 1 aromatic heterocycles. The topological polar surface area (TPSA) is 81.8 Å². The number of amides is 1. The average molecular weight is 296 g/mol. The number of aryl methyl sites for hydroxylation is 1. The summed E-state index contributed by atoms with van der Waals surface area (Å²) in [5, 5.41) is 15.5. The molecule has 0 radical (unpaired) electrons. The predicted octanol–water partition coefficient (Wildman–Crippen LogP) is 0.312. The maximum Gasteiger partial charge on any atom is 0.226 e. The Morgan fingerprint density at radius 2 is 2.05 bits per heavy atom. The molecule has 1 aromatic rings. The van der Waals surface area contributed by atoms with Crippen LogP contribution in [0.4, 0.5) is 5.82 Å². The van der Waals surface area contributed by atoms with Crippen LogP contribution in [0.3, 0.4) is 0 Å². The molecular formula is C14H24N4O3. The van der Waals surface area contributed by atoms with E-state index in [0.717, 1.165) is 45.7 Å². The summed E-state index contributed by atoms with van der Waals surface area (Å²) in [5.74, 6) is 1.11. The van der Waals surface area contributed by atoms with Gasteiger partial charge in [0.2, 0.25) is 5.91 Å². The van der Waals surface area contributed by atoms with Gasteiger partial charge < -0.3 is 19.8 Å². The Bertz CT molecular complexity index is 449. The van der Waals surface area contributed by atoms with Gasteiger partial charge in [0, 0.05) is 38.7 Å². The van der Waals surface area contributed by atoms with Crippen LogP contribution in [-0.4, -0.2) is 71.8 Å². The Morgan fingerprint density at radius 3 is 2.67 bits per heavy atom. The summed E-state index contributed by atoms with van der Waals surface area (Å²) in [6.45, 7) is 7.38. The highest BCUT2D eigenvalue weighted by Crippen LogP contribution is 2.08. The Balaban J connectivity index is 1.69. The number of aromatic nitrogens is 1. The molecule has 0 atom stereocenters. The van der Waals surface area contributed by atoms with Crippen molar-refractivity contribution in [3.8, 4) is 0 Å². The maximum absolute atomic E-state index is 11.9. The molecule has 1 aliphatic rings. The zero-order valence-electron chi connectivity index (χ0n) is 12.5. The Labute approximate surface area is 124 Å². The number of anilines is 1. The van der Waals surface area contributed by atoms with Gasteiger partial charge in [-0.3, -0.25) is 9.69 Å². The van der Waals surface area contributed by atoms with Gasteiger partial charge in [-0.2, -0.15) is 0 Å². The zero-order valence-corrected chi connectivity index (χ0v) is 12.5. The highest BCUT2D eigenvalue weighted by molar-refractivity contribution is 5.89. The lowest BCUT2D eigenvalue weighted by Crippen LogP contribution is -2.33. The third kappa shape index (κ3) is 5.45. The predicted molar refractivity (Wildman–Crippen MR) is 79.1 cm³/mol. The van der Waals surface area contributed by atoms with Crippen LogP contribution < -0.4 is 5.32 Å². The van der Waals surface area contributed by atoms with Crippen LogP contribution in [0.2, 0.25) is 0 Å². The van der Waals surface area contributed by atoms with Crippen molar-refractivity contribution < 1.29 is 14.4 Å². The Morgan fingerprint density at radius 1 is 1.33 bits per heavy atom. The minimum atomic E-state index is -0.0419. The van der Waals surface area contributed by atoms with Crippen molar-refractivity contribution in [1.82, 2.24) is 15.0 Å². The largest absolute Gasteiger partial charge is 0.395 e. The summed E-state index contributed by atoms with van der Waals surface area (Å²) < 4.78 is 4.91. The van der Waals surface area contributed by atoms with Crippen molar-refractivity contribution in [1.29, 1.82) is 0 Å². The summed E-state index contributed by atoms with van der Waals surface area (Å²) >= 11 is 0. The van der Waals surface area contributed by atoms with Crippen LogP contribution >= 0.6 is 0 Å². The van der Waals surface area contributed by atoms with E-state index in [1.54, 1.807) is 13.0 Å². The van der Waals surface area contributed by atoms with Gasteiger partial charge in [0.1, 0.15) is 5.76 Å². The first-order chi connectivity index (χ1) is 10.2. The molecule has 0 unspecified atom stereocenters. The van der Waals surface area contributed by atoms with E-state index in [2.05, 4.69) is 20.3 Å². The van der Waals surface area contributed by atoms with Crippen LogP contribution in [0, 0.1) is 6.92 Å². The second-order valence-electron chi connectivity index (χ2n) is 5.38. The number of carbonyl (C=O) groups is 1. The number of aliphatic hydroxyl groups is 1. The molecule has 118 valence electrons. The van der Waals surface area contributed by atoms with Gasteiger partial charge >= 0.3 is 0 Å². The number of carbonyl (C=O) groups excluding carboxylic acids is 1. The number of nitrogens with zero attached hydrogens (tertiary/aromatic N) is 3. The third-order valence-corrected chi connectivity index (χ3v) is 3.65. The Kier molecular flexibility index (Phi) is 6.16. The van der Waals surface area contributed by atoms with Gasteiger partial charge in [0.15, 0.2) is 5.82 Å². The lowest BCUT2D eigenvalue weighted by molar-refractivity contribution is -0.116. The smallest absolute Gasteiger partial charge is 0.226 e. The Hall–Kier alpha value is -1.44. The van der Waals surface area contributed by atoms with Gasteiger partial charge in [-0.15, -0.1) is 0 Å². The maximum atomic E-state index is 11.9. The molecule has 1 aliphatic heterocycles. The van der Waals surface area contributed by atoms with E-state index in [0.29, 0.717) is 18.0 Å². The van der Waals surface area contributed by atoms with Crippen molar-refractivity contribution in [2.24, 2.45) is 0 Å². The van der Waals surface area contributed by atoms with Gasteiger partial charge in [-0.25, -0.2) is 0 Å². The number of rotatable bonds is 6. The molecule has 0 aliphatic carbocycles. The van der Waals surface area contributed by atoms with E-state index < -0.39 is 0 Å². The van der Waals surface area contributed by atoms with Crippen LogP contribution in [0.25, 0.3) is 0 Å². The second-order valence-corrected chi connectivity index (χ2v) is 5.38. The van der Waals surface area contributed by atoms with Crippen LogP contribution in [0.1, 0.15) is 18.6 Å². The van der Waals surface area contributed by atoms with E-state index in [4.69, 9.17) is 9.63 Å². The molecule has 1 saturated heterocycles. The lowest BCUT2D eigenvalue weighted by atomic mass is 10.3. The second kappa shape index (κ2) is 8.11. The molecule has 0 saturated carbocycles. The van der Waals surface area contributed by atoms with Crippen molar-refractivity contribution in [2.45, 2.75) is 19.8 Å². The average Bonchev–Trinajstić information content (AvgIpc) is 2.73. The molecule has 7 heteroatoms. The molecule has 2 N–H and O–H groups in total. The van der Waals surface area contributed by atoms with E-state index in [9.17, 15) is 4.79 Å². The fourth-order valence-electron chi connectivity index (χ4n) is 2.50. The standard InChI is InChI=1S/C14H24N4O3/c1-12-11-13(16-21-12)15-14(20)3-6-17-4-2-5-18(8-7-17)9-10-19/h11,19H,2-10H2,1H3,(H,15,16,20). The monoisotopic (exact) mass is 296 g/mol. The zero-order chi connectivity index (χ0) is 15.1. The minimum Gasteiger partial charge on any atom is -0.395 e. The first-order valence-electron chi connectivity index (χ1n) is 7.46. The molecule has 7 nitrogen and oxygen atoms in total. The molecule has 0 spiro atoms. The first kappa shape index (κ1) is 15.9. The van der Waals surface area contributed by atoms with E-state index >= 15 is 0 Å². The normalized spacial score (nSPS) is 17.6. The molecule has 2 heterocycles. The summed E-state index contributed by atoms with van der Waals surface area (Å²) in [7, 11) is 0. The number of aliphatic hydroxyl groups excluding tert-OH is 1. The van der Waals surface area contributed by atoms with Gasteiger partial charge in [0.25, 0.3) is 0 Å². The number of β-amino-alcohol motifs (C(OH)–C–C–N with tert-alkyl or cyclic N) is 1. The van der Waals surface area contributed by atoms with Crippen molar-refractivity contribution >= 4 is 11.7 Å². The number of nitrogens with one attached hydrogen (secondary N) is 1. The van der Waals surface area contributed by atoms with Crippen LogP contribution in [0.15, 0.2) is 10.6 Å². The summed E-state index contributed by atoms with van der Waals surface area (Å²) in [6, 6.07) is 1.70. The fraction of sp³-hybridized carbons (Fsp3) is 0.714. The molecule has 0 aromatic carbocycles. The van der Waals surface area contributed by atoms with Crippen molar-refractivity contribution in [3.63, 3.8) is 0 Å². The molecule has 1 fully saturated rings. The summed E-state index contributed by atoms with van der Waals surface area (Å²) in [6.07, 6.45) is 1.52. The minimum absolute atomic E-state index is 0.0419. The summed E-state index contributed by atoms with van der Waals surface area (Å²) in [4.78, 5) is 16.4. The van der Waals surface area contributed by atoms with Gasteiger partial charge in [-0.05, 0) is 26.4 Å². The lowest BCUT2D eigenvalue weighted by Gasteiger charge is -2.20. The summed E-state index contributed by atoms with van der Waals surface area (Å²) in [5.41, 5.74) is 0. The van der Waals surface area contributed by atoms with E-state index in [1.165, 1.54) is 0 Å². The highest BCUT2D eigenvalue weighted by Gasteiger charge is 2.15. The quantitative estimate of drug-likeness (QED) is 0.786. The highest BCUT2D eigenvalue weighted by atomic mass is 16.5. The first-order valence-corrected chi connectivity index (χ1v) is 7.46. The van der Waals surface area contributed by atoms with E-state index in [1.807, 2.05) is 0 Å². The van der Waals surface area contributed by atoms with Gasteiger partial charge in [-0.1, -0.05) is 5.16 Å². The van der Waals surface area contributed by atoms with Crippen LogP contribution in [0.5, 0.6) is 0 Å². The molecule has 1 amide bonds. The SMILES string of the molecule is Cc1cc(NC(=O)CCN2CCCN(CCO)CC2)no1. The van der Waals surface area contributed by atoms with Crippen molar-refractivity contribution in [2.75, 3.05) is 51.2 Å². The molecule has 21 heavy (non-hydrogen) atoms. The van der Waals surface area contributed by atoms with Crippen molar-refractivity contribution in [3.05, 3.63) is 11.8 Å². The number of hydrogen-bond donors (Lipinski definition) is 2. The fourth-order valence-corrected chi connectivity index (χ4v) is 2.50. The molecule has 0 bridgehead atoms. The van der Waals surface area contributed by atoms with E-state index in [-0.39, 0.29) is 12.5 Å². The number of hydrogen-bond acceptors (Lipinski definition) is 6. The van der Waals surface area contributed by atoms with Gasteiger partial charge in [0.05, 0.1) is 6.61 Å². The molecule has 2 rings (SSSR count).